The molecule has 0 amide bonds. The highest BCUT2D eigenvalue weighted by molar-refractivity contribution is 5.24. The van der Waals surface area contributed by atoms with E-state index in [0.717, 1.165) is 5.56 Å². The first kappa shape index (κ1) is 7.99. The summed E-state index contributed by atoms with van der Waals surface area (Å²) in [6.45, 7) is 5.36. The molecule has 0 saturated heterocycles. The molecule has 0 spiro atoms. The van der Waals surface area contributed by atoms with Crippen molar-refractivity contribution in [3.05, 3.63) is 48.0 Å². The molecule has 1 heteroatoms. The Bertz CT molecular complexity index is 236. The highest BCUT2D eigenvalue weighted by Gasteiger charge is 2.02. The minimum Gasteiger partial charge on any atom is -0.238 e. The van der Waals surface area contributed by atoms with Gasteiger partial charge in [0.15, 0.2) is 0 Å². The molecular formula is C10H11F. The van der Waals surface area contributed by atoms with Crippen molar-refractivity contribution in [2.45, 2.75) is 13.1 Å². The zero-order valence-electron chi connectivity index (χ0n) is 6.55. The van der Waals surface area contributed by atoms with Crippen LogP contribution in [-0.2, 0) is 0 Å². The molecule has 0 aromatic heterocycles. The zero-order chi connectivity index (χ0) is 8.27. The number of hydrogen-bond donors (Lipinski definition) is 0. The third-order valence-electron chi connectivity index (χ3n) is 1.60. The van der Waals surface area contributed by atoms with Gasteiger partial charge in [0.25, 0.3) is 0 Å². The van der Waals surface area contributed by atoms with Crippen LogP contribution in [0.2, 0.25) is 0 Å². The monoisotopic (exact) mass is 150 g/mol. The van der Waals surface area contributed by atoms with E-state index < -0.39 is 6.17 Å². The second-order valence-electron chi connectivity index (χ2n) is 2.55. The van der Waals surface area contributed by atoms with Crippen LogP contribution in [0.25, 0.3) is 0 Å². The zero-order valence-corrected chi connectivity index (χ0v) is 6.55. The first-order chi connectivity index (χ1) is 5.24. The summed E-state index contributed by atoms with van der Waals surface area (Å²) in [5.41, 5.74) is 1.82. The van der Waals surface area contributed by atoms with Crippen molar-refractivity contribution in [3.63, 3.8) is 0 Å². The molecule has 0 N–H and O–H groups in total. The highest BCUT2D eigenvalue weighted by atomic mass is 19.1. The molecule has 0 aliphatic heterocycles. The Balaban J connectivity index is 2.89. The van der Waals surface area contributed by atoms with E-state index in [1.807, 2.05) is 19.1 Å². The molecule has 58 valence electrons. The summed E-state index contributed by atoms with van der Waals surface area (Å²) in [5, 5.41) is 0. The molecule has 0 aliphatic carbocycles. The van der Waals surface area contributed by atoms with Gasteiger partial charge in [0.1, 0.15) is 6.17 Å². The molecule has 0 aliphatic rings. The van der Waals surface area contributed by atoms with Gasteiger partial charge in [-0.1, -0.05) is 42.5 Å². The largest absolute Gasteiger partial charge is 0.238 e. The fraction of sp³-hybridized carbons (Fsp3) is 0.200. The van der Waals surface area contributed by atoms with Crippen LogP contribution in [0.15, 0.2) is 36.9 Å². The number of halogens is 1. The van der Waals surface area contributed by atoms with E-state index in [1.165, 1.54) is 6.08 Å². The van der Waals surface area contributed by atoms with Crippen LogP contribution in [0, 0.1) is 6.92 Å². The van der Waals surface area contributed by atoms with Crippen LogP contribution in [0.4, 0.5) is 4.39 Å². The van der Waals surface area contributed by atoms with Crippen LogP contribution < -0.4 is 0 Å². The Morgan fingerprint density at radius 3 is 2.36 bits per heavy atom. The molecule has 1 atom stereocenters. The molecule has 0 fully saturated rings. The average molecular weight is 150 g/mol. The van der Waals surface area contributed by atoms with Crippen molar-refractivity contribution in [1.29, 1.82) is 0 Å². The molecule has 0 radical (unpaired) electrons. The van der Waals surface area contributed by atoms with Gasteiger partial charge in [0.05, 0.1) is 0 Å². The Kier molecular flexibility index (Phi) is 2.42. The second kappa shape index (κ2) is 3.33. The Morgan fingerprint density at radius 2 is 1.91 bits per heavy atom. The van der Waals surface area contributed by atoms with E-state index in [-0.39, 0.29) is 0 Å². The third-order valence-corrected chi connectivity index (χ3v) is 1.60. The lowest BCUT2D eigenvalue weighted by Gasteiger charge is -2.01. The molecule has 0 saturated carbocycles. The van der Waals surface area contributed by atoms with E-state index >= 15 is 0 Å². The molecule has 1 rings (SSSR count). The second-order valence-corrected chi connectivity index (χ2v) is 2.55. The molecule has 1 aromatic rings. The van der Waals surface area contributed by atoms with Gasteiger partial charge in [-0.05, 0) is 12.5 Å². The minimum atomic E-state index is -1.03. The Labute approximate surface area is 66.4 Å². The molecule has 1 aromatic carbocycles. The van der Waals surface area contributed by atoms with Gasteiger partial charge >= 0.3 is 0 Å². The van der Waals surface area contributed by atoms with Crippen LogP contribution >= 0.6 is 0 Å². The summed E-state index contributed by atoms with van der Waals surface area (Å²) >= 11 is 0. The standard InChI is InChI=1S/C10H11F/c1-3-10(11)9-6-4-8(2)5-7-9/h3-7,10H,1H2,2H3. The van der Waals surface area contributed by atoms with E-state index in [9.17, 15) is 4.39 Å². The summed E-state index contributed by atoms with van der Waals surface area (Å²) in [6.07, 6.45) is 0.264. The SMILES string of the molecule is C=CC(F)c1ccc(C)cc1. The fourth-order valence-corrected chi connectivity index (χ4v) is 0.886. The number of rotatable bonds is 2. The molecule has 0 bridgehead atoms. The average Bonchev–Trinajstić information content (AvgIpc) is 2.05. The lowest BCUT2D eigenvalue weighted by atomic mass is 10.1. The normalized spacial score (nSPS) is 12.5. The predicted octanol–water partition coefficient (Wildman–Crippen LogP) is 3.19. The maximum atomic E-state index is 12.9. The van der Waals surface area contributed by atoms with Crippen molar-refractivity contribution in [2.75, 3.05) is 0 Å². The quantitative estimate of drug-likeness (QED) is 0.568. The van der Waals surface area contributed by atoms with Crippen molar-refractivity contribution in [1.82, 2.24) is 0 Å². The van der Waals surface area contributed by atoms with Gasteiger partial charge in [-0.2, -0.15) is 0 Å². The van der Waals surface area contributed by atoms with E-state index in [0.29, 0.717) is 5.56 Å². The minimum absolute atomic E-state index is 0.672. The number of hydrogen-bond acceptors (Lipinski definition) is 0. The summed E-state index contributed by atoms with van der Waals surface area (Å²) in [6, 6.07) is 7.35. The highest BCUT2D eigenvalue weighted by Crippen LogP contribution is 2.17. The number of benzene rings is 1. The van der Waals surface area contributed by atoms with Crippen LogP contribution in [0.1, 0.15) is 17.3 Å². The lowest BCUT2D eigenvalue weighted by Crippen LogP contribution is -1.85. The van der Waals surface area contributed by atoms with Gasteiger partial charge in [-0.25, -0.2) is 4.39 Å². The predicted molar refractivity (Wildman–Crippen MR) is 45.2 cm³/mol. The van der Waals surface area contributed by atoms with Crippen molar-refractivity contribution in [3.8, 4) is 0 Å². The smallest absolute Gasteiger partial charge is 0.143 e. The topological polar surface area (TPSA) is 0 Å². The van der Waals surface area contributed by atoms with Gasteiger partial charge in [-0.3, -0.25) is 0 Å². The summed E-state index contributed by atoms with van der Waals surface area (Å²) < 4.78 is 12.9. The van der Waals surface area contributed by atoms with Crippen molar-refractivity contribution >= 4 is 0 Å². The maximum absolute atomic E-state index is 12.9. The molecule has 0 nitrogen and oxygen atoms in total. The van der Waals surface area contributed by atoms with Gasteiger partial charge < -0.3 is 0 Å². The number of allylic oxidation sites excluding steroid dienone is 1. The number of alkyl halides is 1. The van der Waals surface area contributed by atoms with E-state index in [2.05, 4.69) is 6.58 Å². The molecule has 11 heavy (non-hydrogen) atoms. The van der Waals surface area contributed by atoms with E-state index in [1.54, 1.807) is 12.1 Å². The van der Waals surface area contributed by atoms with Crippen LogP contribution in [0.5, 0.6) is 0 Å². The maximum Gasteiger partial charge on any atom is 0.143 e. The molecule has 1 unspecified atom stereocenters. The molecule has 0 heterocycles. The fourth-order valence-electron chi connectivity index (χ4n) is 0.886. The first-order valence-electron chi connectivity index (χ1n) is 3.57. The Hall–Kier alpha value is -1.11. The van der Waals surface area contributed by atoms with Gasteiger partial charge in [-0.15, -0.1) is 0 Å². The Morgan fingerprint density at radius 1 is 1.36 bits per heavy atom. The first-order valence-corrected chi connectivity index (χ1v) is 3.57. The number of aryl methyl sites for hydroxylation is 1. The summed E-state index contributed by atoms with van der Waals surface area (Å²) in [7, 11) is 0. The lowest BCUT2D eigenvalue weighted by molar-refractivity contribution is 0.415. The van der Waals surface area contributed by atoms with Gasteiger partial charge in [0.2, 0.25) is 0 Å². The van der Waals surface area contributed by atoms with Crippen LogP contribution in [0.3, 0.4) is 0 Å². The third kappa shape index (κ3) is 1.90. The van der Waals surface area contributed by atoms with Gasteiger partial charge in [0, 0.05) is 0 Å². The van der Waals surface area contributed by atoms with Crippen molar-refractivity contribution < 1.29 is 4.39 Å². The van der Waals surface area contributed by atoms with E-state index in [4.69, 9.17) is 0 Å². The summed E-state index contributed by atoms with van der Waals surface area (Å²) in [5.74, 6) is 0. The van der Waals surface area contributed by atoms with Crippen molar-refractivity contribution in [2.24, 2.45) is 0 Å². The van der Waals surface area contributed by atoms with Crippen LogP contribution in [-0.4, -0.2) is 0 Å². The summed E-state index contributed by atoms with van der Waals surface area (Å²) in [4.78, 5) is 0. The molecular weight excluding hydrogens is 139 g/mol.